The number of aromatic nitrogens is 1. The Labute approximate surface area is 725 Å². The highest BCUT2D eigenvalue weighted by molar-refractivity contribution is 6.47. The molecule has 0 bridgehead atoms. The zero-order chi connectivity index (χ0) is 81.6. The summed E-state index contributed by atoms with van der Waals surface area (Å²) in [5.41, 5.74) is 31.1. The summed E-state index contributed by atoms with van der Waals surface area (Å²) in [5, 5.41) is 36.1. The van der Waals surface area contributed by atoms with Crippen LogP contribution < -0.4 is 4.90 Å². The molecule has 25 aromatic rings. The second kappa shape index (κ2) is 24.9. The molecule has 1 aliphatic heterocycles. The second-order valence-electron chi connectivity index (χ2n) is 36.0. The maximum absolute atomic E-state index is 2.60. The van der Waals surface area contributed by atoms with E-state index in [-0.39, 0.29) is 17.9 Å². The normalized spacial score (nSPS) is 16.1. The summed E-state index contributed by atoms with van der Waals surface area (Å²) < 4.78 is 2.52. The molecule has 24 aromatic carbocycles. The third-order valence-electron chi connectivity index (χ3n) is 30.2. The van der Waals surface area contributed by atoms with Gasteiger partial charge in [0.15, 0.2) is 0 Å². The van der Waals surface area contributed by atoms with Crippen molar-refractivity contribution in [2.24, 2.45) is 0 Å². The van der Waals surface area contributed by atoms with Gasteiger partial charge >= 0.3 is 0 Å². The van der Waals surface area contributed by atoms with Crippen LogP contribution in [0.5, 0.6) is 0 Å². The molecule has 578 valence electrons. The largest absolute Gasteiger partial charge is 0.333 e. The smallest absolute Gasteiger partial charge is 0.0629 e. The molecule has 30 rings (SSSR count). The lowest BCUT2D eigenvalue weighted by Gasteiger charge is -2.37. The van der Waals surface area contributed by atoms with Crippen LogP contribution in [0.2, 0.25) is 0 Å². The number of rotatable bonds is 7. The van der Waals surface area contributed by atoms with Crippen LogP contribution in [-0.4, -0.2) is 10.6 Å². The van der Waals surface area contributed by atoms with Crippen molar-refractivity contribution in [1.82, 2.24) is 4.57 Å². The number of hydrogen-bond donors (Lipinski definition) is 0. The van der Waals surface area contributed by atoms with Gasteiger partial charge in [-0.15, -0.1) is 0 Å². The summed E-state index contributed by atoms with van der Waals surface area (Å²) in [6, 6.07) is 150. The Balaban J connectivity index is 0.585. The zero-order valence-electron chi connectivity index (χ0n) is 68.5. The number of allylic oxidation sites excluding steroid dienone is 3. The fourth-order valence-electron chi connectivity index (χ4n) is 25.4. The summed E-state index contributed by atoms with van der Waals surface area (Å²) in [6.45, 7) is 0. The van der Waals surface area contributed by atoms with Crippen LogP contribution in [-0.2, 0) is 0 Å². The van der Waals surface area contributed by atoms with Crippen molar-refractivity contribution >= 4 is 184 Å². The number of anilines is 2. The van der Waals surface area contributed by atoms with Gasteiger partial charge in [-0.3, -0.25) is 0 Å². The van der Waals surface area contributed by atoms with E-state index in [2.05, 4.69) is 422 Å². The van der Waals surface area contributed by atoms with Gasteiger partial charge in [0.2, 0.25) is 0 Å². The molecule has 2 heteroatoms. The fourth-order valence-corrected chi connectivity index (χ4v) is 25.4. The molecule has 2 heterocycles. The van der Waals surface area contributed by atoms with Crippen LogP contribution in [0.4, 0.5) is 11.4 Å². The first-order valence-corrected chi connectivity index (χ1v) is 44.6. The van der Waals surface area contributed by atoms with Crippen molar-refractivity contribution in [1.29, 1.82) is 0 Å². The number of nitrogens with zero attached hydrogens (tertiary/aromatic N) is 2. The van der Waals surface area contributed by atoms with Crippen LogP contribution in [0.1, 0.15) is 56.7 Å². The topological polar surface area (TPSA) is 8.17 Å². The summed E-state index contributed by atoms with van der Waals surface area (Å²) in [7, 11) is 0. The lowest BCUT2D eigenvalue weighted by atomic mass is 9.65. The summed E-state index contributed by atoms with van der Waals surface area (Å²) >= 11 is 0. The number of fused-ring (bicyclic) bond motifs is 30. The first-order valence-electron chi connectivity index (χ1n) is 44.6. The lowest BCUT2D eigenvalue weighted by Crippen LogP contribution is -2.28. The number of benzene rings is 22. The van der Waals surface area contributed by atoms with Crippen LogP contribution in [0, 0.1) is 0 Å². The van der Waals surface area contributed by atoms with Gasteiger partial charge in [-0.05, 0) is 319 Å². The van der Waals surface area contributed by atoms with E-state index in [1.165, 1.54) is 279 Å². The maximum atomic E-state index is 2.60. The molecule has 5 aliphatic rings. The average Bonchev–Trinajstić information content (AvgIpc) is 1.51. The number of hydrogen-bond acceptors (Lipinski definition) is 1. The minimum Gasteiger partial charge on any atom is -0.333 e. The van der Waals surface area contributed by atoms with E-state index >= 15 is 0 Å². The Morgan fingerprint density at radius 1 is 0.222 bits per heavy atom. The van der Waals surface area contributed by atoms with Crippen molar-refractivity contribution in [3.63, 3.8) is 0 Å². The van der Waals surface area contributed by atoms with Gasteiger partial charge in [-0.25, -0.2) is 0 Å². The first-order chi connectivity index (χ1) is 62.6. The van der Waals surface area contributed by atoms with Crippen molar-refractivity contribution in [3.8, 4) is 61.3 Å². The minimum absolute atomic E-state index is 0.0573. The Hall–Kier alpha value is -16.0. The molecule has 0 saturated heterocycles. The van der Waals surface area contributed by atoms with Crippen LogP contribution >= 0.6 is 0 Å². The molecule has 0 N–H and O–H groups in total. The third-order valence-corrected chi connectivity index (χ3v) is 30.2. The average molecular weight is 1590 g/mol. The highest BCUT2D eigenvalue weighted by Crippen LogP contribution is 2.66. The van der Waals surface area contributed by atoms with Gasteiger partial charge in [0.25, 0.3) is 0 Å². The van der Waals surface area contributed by atoms with Gasteiger partial charge in [0.05, 0.1) is 17.1 Å². The molecule has 126 heavy (non-hydrogen) atoms. The van der Waals surface area contributed by atoms with Crippen LogP contribution in [0.25, 0.3) is 234 Å². The SMILES string of the molecule is C1=CC2c3ccccc3N(c3ccc4c(ccc5cc6c7c(-c8ccccc8)c8cc9c%10cccc(-c%11ccc%12c(c%11)c%11ccccc%11n%12-c%11ccc%12c(ccc%13cc%14c%15c(cccc%15c%13%12)C%12=C(c%13ccccc%13)c%13cc%15c%16c(cccc%16c%13C(c%13ccccc%13)C%12%14)-c%12ccccc%12-%15)c%11)c%10c%10cccc(c8c(-c8ccccc8)c7c7cccc(c54)c67)c9%10)c3)C2C=C1. The summed E-state index contributed by atoms with van der Waals surface area (Å²) in [6.07, 6.45) is 9.18. The predicted molar refractivity (Wildman–Crippen MR) is 535 cm³/mol. The van der Waals surface area contributed by atoms with E-state index < -0.39 is 0 Å². The molecule has 0 saturated carbocycles. The highest BCUT2D eigenvalue weighted by Gasteiger charge is 2.46. The monoisotopic (exact) mass is 1590 g/mol. The van der Waals surface area contributed by atoms with Crippen molar-refractivity contribution in [2.75, 3.05) is 4.90 Å². The van der Waals surface area contributed by atoms with Crippen molar-refractivity contribution in [2.45, 2.75) is 23.8 Å². The molecule has 0 amide bonds. The zero-order valence-corrected chi connectivity index (χ0v) is 68.5. The van der Waals surface area contributed by atoms with E-state index in [0.717, 1.165) is 5.69 Å². The lowest BCUT2D eigenvalue weighted by molar-refractivity contribution is 0.739. The Morgan fingerprint density at radius 2 is 0.770 bits per heavy atom. The molecular weight excluding hydrogens is 1520 g/mol. The molecule has 0 spiro atoms. The van der Waals surface area contributed by atoms with Gasteiger partial charge in [0, 0.05) is 45.6 Å². The van der Waals surface area contributed by atoms with E-state index in [1.54, 1.807) is 0 Å². The molecule has 2 nitrogen and oxygen atoms in total. The standard InChI is InChI=1S/C124H72N2/c1-5-26-69(27-6-1)110-102-67-98-84-35-14-13-34-83(84)88-40-22-45-93(115(88)98)119(102)113(72-32-11-4-12-33-72)124-101-66-77-55-53-74-63-79(58-60-82(74)109(77)90-42-23-47-95(117(90)101)121(110)124)126-106-51-20-17-38-87(106)97-64-75(56-61-107(97)126)80-39-21-41-89-99-68-103-111(70-28-7-2-8-29-70)123-100-65-76-54-52-73-62-78(125-104-49-18-15-36-85(104)86-37-16-19-50-105(86)125)57-59-81(73)108(76)91-43-24-48-96(118(91)100)122(123)112(71-30-9-3-10-31-71)120(103)94-46-25-44-92(114(80)89)116(94)99/h1-68,85,104,113,124H. The van der Waals surface area contributed by atoms with Crippen LogP contribution in [0.15, 0.2) is 413 Å². The molecular formula is C124H72N2. The number of para-hydroxylation sites is 2. The Morgan fingerprint density at radius 3 is 1.54 bits per heavy atom. The summed E-state index contributed by atoms with van der Waals surface area (Å²) in [4.78, 5) is 2.56. The Bertz CT molecular complexity index is 9350. The molecule has 4 aliphatic carbocycles. The minimum atomic E-state index is 0.0573. The van der Waals surface area contributed by atoms with Gasteiger partial charge in [0.1, 0.15) is 0 Å². The van der Waals surface area contributed by atoms with E-state index in [4.69, 9.17) is 0 Å². The van der Waals surface area contributed by atoms with Crippen molar-refractivity contribution in [3.05, 3.63) is 451 Å². The fraction of sp³-hybridized carbons (Fsp3) is 0.0323. The van der Waals surface area contributed by atoms with Gasteiger partial charge in [-0.1, -0.05) is 340 Å². The molecule has 4 atom stereocenters. The van der Waals surface area contributed by atoms with Crippen molar-refractivity contribution < 1.29 is 0 Å². The Kier molecular flexibility index (Phi) is 13.4. The molecule has 0 radical (unpaired) electrons. The molecule has 1 aromatic heterocycles. The second-order valence-corrected chi connectivity index (χ2v) is 36.0. The van der Waals surface area contributed by atoms with E-state index in [1.807, 2.05) is 0 Å². The van der Waals surface area contributed by atoms with Gasteiger partial charge < -0.3 is 9.47 Å². The quantitative estimate of drug-likeness (QED) is 0.144. The molecule has 0 fully saturated rings. The van der Waals surface area contributed by atoms with Crippen LogP contribution in [0.3, 0.4) is 0 Å². The van der Waals surface area contributed by atoms with E-state index in [9.17, 15) is 0 Å². The summed E-state index contributed by atoms with van der Waals surface area (Å²) in [5.74, 6) is 0.437. The highest BCUT2D eigenvalue weighted by atomic mass is 15.2. The van der Waals surface area contributed by atoms with E-state index in [0.29, 0.717) is 5.92 Å². The maximum Gasteiger partial charge on any atom is 0.0629 e. The predicted octanol–water partition coefficient (Wildman–Crippen LogP) is 33.2. The first kappa shape index (κ1) is 67.6. The third kappa shape index (κ3) is 8.79. The van der Waals surface area contributed by atoms with Gasteiger partial charge in [-0.2, -0.15) is 0 Å². The molecule has 4 unspecified atom stereocenters.